The Labute approximate surface area is 201 Å². The molecule has 1 aromatic heterocycles. The summed E-state index contributed by atoms with van der Waals surface area (Å²) in [7, 11) is -3.15. The van der Waals surface area contributed by atoms with Crippen molar-refractivity contribution in [2.24, 2.45) is 0 Å². The molecule has 1 N–H and O–H groups in total. The van der Waals surface area contributed by atoms with Crippen LogP contribution in [0.5, 0.6) is 5.75 Å². The van der Waals surface area contributed by atoms with Gasteiger partial charge in [-0.25, -0.2) is 23.1 Å². The monoisotopic (exact) mass is 493 g/mol. The van der Waals surface area contributed by atoms with E-state index in [1.807, 2.05) is 30.6 Å². The number of likely N-dealkylation sites (tertiary alicyclic amines) is 1. The van der Waals surface area contributed by atoms with E-state index in [2.05, 4.69) is 31.4 Å². The minimum Gasteiger partial charge on any atom is -0.489 e. The molecule has 0 spiro atoms. The van der Waals surface area contributed by atoms with Gasteiger partial charge in [0.2, 0.25) is 16.0 Å². The molecule has 0 unspecified atom stereocenters. The smallest absolute Gasteiger partial charge is 0.225 e. The lowest BCUT2D eigenvalue weighted by atomic mass is 10.1. The Kier molecular flexibility index (Phi) is 7.73. The molecule has 2 aliphatic heterocycles. The fraction of sp³-hybridized carbons (Fsp3) is 0.565. The van der Waals surface area contributed by atoms with E-state index in [0.717, 1.165) is 56.0 Å². The molecule has 2 fully saturated rings. The predicted octanol–water partition coefficient (Wildman–Crippen LogP) is 2.86. The van der Waals surface area contributed by atoms with Gasteiger partial charge >= 0.3 is 0 Å². The second kappa shape index (κ2) is 10.5. The molecule has 2 aliphatic rings. The Morgan fingerprint density at radius 3 is 2.42 bits per heavy atom. The summed E-state index contributed by atoms with van der Waals surface area (Å²) in [5.74, 6) is 1.60. The quantitative estimate of drug-likeness (QED) is 0.574. The highest BCUT2D eigenvalue weighted by atomic mass is 35.5. The van der Waals surface area contributed by atoms with Crippen LogP contribution < -0.4 is 14.4 Å². The average molecular weight is 494 g/mol. The number of halogens is 1. The van der Waals surface area contributed by atoms with Crippen molar-refractivity contribution in [1.82, 2.24) is 19.6 Å². The largest absolute Gasteiger partial charge is 0.489 e. The van der Waals surface area contributed by atoms with Crippen molar-refractivity contribution in [3.63, 3.8) is 0 Å². The lowest BCUT2D eigenvalue weighted by molar-refractivity contribution is 0.132. The van der Waals surface area contributed by atoms with E-state index in [1.165, 1.54) is 0 Å². The van der Waals surface area contributed by atoms with Crippen molar-refractivity contribution in [3.05, 3.63) is 46.7 Å². The average Bonchev–Trinajstić information content (AvgIpc) is 2.80. The number of piperidine rings is 1. The third-order valence-electron chi connectivity index (χ3n) is 6.20. The summed E-state index contributed by atoms with van der Waals surface area (Å²) in [6.07, 6.45) is 6.63. The van der Waals surface area contributed by atoms with Gasteiger partial charge in [0.25, 0.3) is 0 Å². The standard InChI is InChI=1S/C23H32ClN5O3S/c1-3-17-12-25-23(26-13-17)29-9-7-20(8-10-29)32-22-6-5-18(11-21(22)24)14-28-15-19(16-28)27-33(30,31)4-2/h5-6,11-13,19-20,27H,3-4,7-10,14-16H2,1-2H3. The number of aryl methyl sites for hydroxylation is 1. The zero-order chi connectivity index (χ0) is 23.4. The highest BCUT2D eigenvalue weighted by molar-refractivity contribution is 7.89. The molecule has 180 valence electrons. The maximum atomic E-state index is 11.7. The van der Waals surface area contributed by atoms with Crippen LogP contribution in [-0.2, 0) is 23.0 Å². The fourth-order valence-electron chi connectivity index (χ4n) is 4.15. The molecule has 1 aromatic carbocycles. The zero-order valence-electron chi connectivity index (χ0n) is 19.2. The normalized spacial score (nSPS) is 18.3. The van der Waals surface area contributed by atoms with Crippen LogP contribution in [0, 0.1) is 0 Å². The van der Waals surface area contributed by atoms with E-state index in [9.17, 15) is 8.42 Å². The summed E-state index contributed by atoms with van der Waals surface area (Å²) < 4.78 is 32.2. The first kappa shape index (κ1) is 24.2. The number of benzene rings is 1. The van der Waals surface area contributed by atoms with Gasteiger partial charge < -0.3 is 9.64 Å². The highest BCUT2D eigenvalue weighted by Gasteiger charge is 2.29. The fourth-order valence-corrected chi connectivity index (χ4v) is 5.23. The van der Waals surface area contributed by atoms with Gasteiger partial charge in [-0.3, -0.25) is 4.90 Å². The molecule has 0 bridgehead atoms. The van der Waals surface area contributed by atoms with Crippen LogP contribution in [0.1, 0.15) is 37.8 Å². The van der Waals surface area contributed by atoms with Crippen molar-refractivity contribution in [1.29, 1.82) is 0 Å². The van der Waals surface area contributed by atoms with Gasteiger partial charge in [-0.05, 0) is 36.6 Å². The third-order valence-corrected chi connectivity index (χ3v) is 7.95. The first-order valence-corrected chi connectivity index (χ1v) is 13.6. The maximum Gasteiger partial charge on any atom is 0.225 e. The molecule has 33 heavy (non-hydrogen) atoms. The number of nitrogens with zero attached hydrogens (tertiary/aromatic N) is 4. The number of nitrogens with one attached hydrogen (secondary N) is 1. The number of sulfonamides is 1. The van der Waals surface area contributed by atoms with Gasteiger partial charge in [-0.15, -0.1) is 0 Å². The maximum absolute atomic E-state index is 11.7. The molecule has 3 heterocycles. The van der Waals surface area contributed by atoms with Crippen molar-refractivity contribution >= 4 is 27.6 Å². The minimum absolute atomic E-state index is 0.00567. The van der Waals surface area contributed by atoms with Crippen LogP contribution in [0.25, 0.3) is 0 Å². The molecule has 10 heteroatoms. The molecule has 8 nitrogen and oxygen atoms in total. The van der Waals surface area contributed by atoms with Crippen molar-refractivity contribution in [3.8, 4) is 5.75 Å². The SMILES string of the molecule is CCc1cnc(N2CCC(Oc3ccc(CN4CC(NS(=O)(=O)CC)C4)cc3Cl)CC2)nc1. The summed E-state index contributed by atoms with van der Waals surface area (Å²) in [6.45, 7) is 7.59. The van der Waals surface area contributed by atoms with Crippen molar-refractivity contribution in [2.45, 2.75) is 51.8 Å². The summed E-state index contributed by atoms with van der Waals surface area (Å²) in [4.78, 5) is 13.4. The van der Waals surface area contributed by atoms with E-state index in [0.29, 0.717) is 23.9 Å². The lowest BCUT2D eigenvalue weighted by Crippen LogP contribution is -2.58. The topological polar surface area (TPSA) is 87.7 Å². The molecule has 0 saturated carbocycles. The van der Waals surface area contributed by atoms with E-state index in [1.54, 1.807) is 6.92 Å². The molecule has 0 aliphatic carbocycles. The van der Waals surface area contributed by atoms with Gasteiger partial charge in [-0.1, -0.05) is 24.6 Å². The first-order chi connectivity index (χ1) is 15.8. The van der Waals surface area contributed by atoms with Crippen LogP contribution in [0.4, 0.5) is 5.95 Å². The molecule has 0 amide bonds. The molecular weight excluding hydrogens is 462 g/mol. The first-order valence-electron chi connectivity index (χ1n) is 11.6. The Hall–Kier alpha value is -1.94. The second-order valence-electron chi connectivity index (χ2n) is 8.73. The number of hydrogen-bond donors (Lipinski definition) is 1. The second-order valence-corrected chi connectivity index (χ2v) is 11.2. The van der Waals surface area contributed by atoms with E-state index < -0.39 is 10.0 Å². The van der Waals surface area contributed by atoms with Crippen molar-refractivity contribution < 1.29 is 13.2 Å². The molecule has 2 saturated heterocycles. The Morgan fingerprint density at radius 2 is 1.82 bits per heavy atom. The van der Waals surface area contributed by atoms with Crippen LogP contribution in [0.2, 0.25) is 5.02 Å². The van der Waals surface area contributed by atoms with Gasteiger partial charge in [0.1, 0.15) is 11.9 Å². The van der Waals surface area contributed by atoms with Gasteiger partial charge in [-0.2, -0.15) is 0 Å². The minimum atomic E-state index is -3.15. The highest BCUT2D eigenvalue weighted by Crippen LogP contribution is 2.30. The number of aromatic nitrogens is 2. The van der Waals surface area contributed by atoms with Gasteiger partial charge in [0, 0.05) is 64.0 Å². The van der Waals surface area contributed by atoms with Crippen LogP contribution >= 0.6 is 11.6 Å². The number of anilines is 1. The third kappa shape index (κ3) is 6.35. The number of ether oxygens (including phenoxy) is 1. The van der Waals surface area contributed by atoms with Crippen LogP contribution in [0.15, 0.2) is 30.6 Å². The lowest BCUT2D eigenvalue weighted by Gasteiger charge is -2.39. The van der Waals surface area contributed by atoms with Crippen LogP contribution in [0.3, 0.4) is 0 Å². The summed E-state index contributed by atoms with van der Waals surface area (Å²) >= 11 is 6.52. The molecule has 0 atom stereocenters. The van der Waals surface area contributed by atoms with E-state index in [-0.39, 0.29) is 17.9 Å². The Bertz CT molecular complexity index is 1040. The Morgan fingerprint density at radius 1 is 1.12 bits per heavy atom. The summed E-state index contributed by atoms with van der Waals surface area (Å²) in [5.41, 5.74) is 2.23. The number of rotatable bonds is 9. The Balaban J connectivity index is 1.24. The predicted molar refractivity (Wildman–Crippen MR) is 130 cm³/mol. The van der Waals surface area contributed by atoms with Gasteiger partial charge in [0.15, 0.2) is 0 Å². The zero-order valence-corrected chi connectivity index (χ0v) is 20.8. The van der Waals surface area contributed by atoms with Crippen LogP contribution in [-0.4, -0.2) is 67.4 Å². The molecule has 0 radical (unpaired) electrons. The van der Waals surface area contributed by atoms with E-state index >= 15 is 0 Å². The molecule has 2 aromatic rings. The van der Waals surface area contributed by atoms with Crippen molar-refractivity contribution in [2.75, 3.05) is 36.8 Å². The summed E-state index contributed by atoms with van der Waals surface area (Å²) in [6, 6.07) is 5.91. The van der Waals surface area contributed by atoms with Gasteiger partial charge in [0.05, 0.1) is 10.8 Å². The molecular formula is C23H32ClN5O3S. The van der Waals surface area contributed by atoms with E-state index in [4.69, 9.17) is 16.3 Å². The molecule has 4 rings (SSSR count). The number of hydrogen-bond acceptors (Lipinski definition) is 7. The summed E-state index contributed by atoms with van der Waals surface area (Å²) in [5, 5.41) is 0.608.